The standard InChI is InChI=1S/C28H24O/c29-26-19-24-17-15-20-11-13-21(14-12-20)16-18-25(26)28(23-9-5-2-6-10-23)27(24)22-7-3-1-4-8-22/h1-14,19,27H,15-18H2. The largest absolute Gasteiger partial charge is 0.290 e. The van der Waals surface area contributed by atoms with Gasteiger partial charge < -0.3 is 0 Å². The van der Waals surface area contributed by atoms with Crippen LogP contribution < -0.4 is 0 Å². The molecule has 1 heteroatoms. The van der Waals surface area contributed by atoms with Gasteiger partial charge in [0.05, 0.1) is 0 Å². The summed E-state index contributed by atoms with van der Waals surface area (Å²) in [6.07, 6.45) is 5.46. The fourth-order valence-corrected chi connectivity index (χ4v) is 4.72. The van der Waals surface area contributed by atoms with E-state index in [1.807, 2.05) is 12.1 Å². The number of ketones is 1. The van der Waals surface area contributed by atoms with Gasteiger partial charge in [0, 0.05) is 11.5 Å². The Morgan fingerprint density at radius 2 is 1.21 bits per heavy atom. The Labute approximate surface area is 172 Å². The van der Waals surface area contributed by atoms with E-state index in [4.69, 9.17) is 0 Å². The number of carbonyl (C=O) groups excluding carboxylic acids is 1. The van der Waals surface area contributed by atoms with Gasteiger partial charge in [-0.3, -0.25) is 4.79 Å². The van der Waals surface area contributed by atoms with E-state index in [0.29, 0.717) is 0 Å². The van der Waals surface area contributed by atoms with Crippen LogP contribution in [0.15, 0.2) is 102 Å². The van der Waals surface area contributed by atoms with Crippen LogP contribution in [0.3, 0.4) is 0 Å². The summed E-state index contributed by atoms with van der Waals surface area (Å²) in [6.45, 7) is 0. The van der Waals surface area contributed by atoms with Crippen molar-refractivity contribution < 1.29 is 4.79 Å². The van der Waals surface area contributed by atoms with E-state index < -0.39 is 0 Å². The van der Waals surface area contributed by atoms with E-state index in [0.717, 1.165) is 31.3 Å². The molecule has 8 rings (SSSR count). The lowest BCUT2D eigenvalue weighted by molar-refractivity contribution is -0.111. The van der Waals surface area contributed by atoms with Gasteiger partial charge in [-0.15, -0.1) is 0 Å². The molecule has 0 spiro atoms. The highest BCUT2D eigenvalue weighted by atomic mass is 16.1. The highest BCUT2D eigenvalue weighted by Crippen LogP contribution is 2.45. The van der Waals surface area contributed by atoms with E-state index in [1.165, 1.54) is 33.4 Å². The molecule has 142 valence electrons. The summed E-state index contributed by atoms with van der Waals surface area (Å²) < 4.78 is 0. The van der Waals surface area contributed by atoms with Crippen molar-refractivity contribution in [2.24, 2.45) is 0 Å². The maximum absolute atomic E-state index is 13.3. The number of carbonyl (C=O) groups is 1. The zero-order valence-corrected chi connectivity index (χ0v) is 16.5. The molecule has 4 bridgehead atoms. The van der Waals surface area contributed by atoms with Crippen molar-refractivity contribution in [2.45, 2.75) is 31.6 Å². The third-order valence-corrected chi connectivity index (χ3v) is 6.21. The van der Waals surface area contributed by atoms with Gasteiger partial charge in [0.1, 0.15) is 0 Å². The fourth-order valence-electron chi connectivity index (χ4n) is 4.72. The summed E-state index contributed by atoms with van der Waals surface area (Å²) >= 11 is 0. The van der Waals surface area contributed by atoms with Crippen molar-refractivity contribution in [3.05, 3.63) is 124 Å². The zero-order valence-electron chi connectivity index (χ0n) is 16.5. The number of aryl methyl sites for hydroxylation is 2. The molecule has 0 heterocycles. The van der Waals surface area contributed by atoms with Crippen LogP contribution in [0, 0.1) is 0 Å². The van der Waals surface area contributed by atoms with Crippen LogP contribution in [0.1, 0.15) is 41.0 Å². The van der Waals surface area contributed by atoms with Crippen molar-refractivity contribution in [2.75, 3.05) is 0 Å². The van der Waals surface area contributed by atoms with Gasteiger partial charge in [-0.05, 0) is 59.6 Å². The minimum Gasteiger partial charge on any atom is -0.290 e. The van der Waals surface area contributed by atoms with Crippen LogP contribution in [0.5, 0.6) is 0 Å². The summed E-state index contributed by atoms with van der Waals surface area (Å²) in [7, 11) is 0. The molecule has 1 nitrogen and oxygen atoms in total. The average molecular weight is 376 g/mol. The normalized spacial score (nSPS) is 19.0. The monoisotopic (exact) mass is 376 g/mol. The molecule has 5 aliphatic rings. The molecule has 0 N–H and O–H groups in total. The first-order chi connectivity index (χ1) is 14.3. The first kappa shape index (κ1) is 17.9. The lowest BCUT2D eigenvalue weighted by Gasteiger charge is -2.31. The highest BCUT2D eigenvalue weighted by molar-refractivity contribution is 6.13. The number of rotatable bonds is 2. The summed E-state index contributed by atoms with van der Waals surface area (Å²) in [5.74, 6) is 0.337. The summed E-state index contributed by atoms with van der Waals surface area (Å²) in [5, 5.41) is 0. The zero-order chi connectivity index (χ0) is 19.6. The molecule has 0 saturated heterocycles. The summed E-state index contributed by atoms with van der Waals surface area (Å²) in [4.78, 5) is 13.3. The van der Waals surface area contributed by atoms with Gasteiger partial charge in [0.15, 0.2) is 5.78 Å². The smallest absolute Gasteiger partial charge is 0.182 e. The van der Waals surface area contributed by atoms with Crippen LogP contribution in [-0.2, 0) is 17.6 Å². The molecule has 5 aliphatic carbocycles. The van der Waals surface area contributed by atoms with Crippen LogP contribution in [0.4, 0.5) is 0 Å². The van der Waals surface area contributed by atoms with Gasteiger partial charge in [-0.2, -0.15) is 0 Å². The molecular weight excluding hydrogens is 352 g/mol. The summed E-state index contributed by atoms with van der Waals surface area (Å²) in [6, 6.07) is 30.1. The SMILES string of the molecule is O=C1C=C2CCc3ccc(cc3)CCC1=C(c1ccccc1)C2c1ccccc1. The van der Waals surface area contributed by atoms with Gasteiger partial charge in [0.25, 0.3) is 0 Å². The number of hydrogen-bond donors (Lipinski definition) is 0. The minimum absolute atomic E-state index is 0.141. The van der Waals surface area contributed by atoms with E-state index >= 15 is 0 Å². The molecule has 0 aromatic heterocycles. The number of allylic oxidation sites excluding steroid dienone is 4. The van der Waals surface area contributed by atoms with Crippen LogP contribution in [-0.4, -0.2) is 5.78 Å². The van der Waals surface area contributed by atoms with Crippen molar-refractivity contribution in [3.8, 4) is 0 Å². The first-order valence-electron chi connectivity index (χ1n) is 10.5. The first-order valence-corrected chi connectivity index (χ1v) is 10.5. The molecule has 1 atom stereocenters. The maximum atomic E-state index is 13.3. The molecule has 3 aromatic rings. The average Bonchev–Trinajstić information content (AvgIpc) is 2.77. The Morgan fingerprint density at radius 1 is 0.621 bits per heavy atom. The second kappa shape index (κ2) is 7.67. The van der Waals surface area contributed by atoms with Crippen molar-refractivity contribution in [1.82, 2.24) is 0 Å². The Morgan fingerprint density at radius 3 is 1.86 bits per heavy atom. The Bertz CT molecular complexity index is 1090. The van der Waals surface area contributed by atoms with Crippen molar-refractivity contribution >= 4 is 11.4 Å². The highest BCUT2D eigenvalue weighted by Gasteiger charge is 2.31. The van der Waals surface area contributed by atoms with Crippen LogP contribution in [0.25, 0.3) is 5.57 Å². The molecule has 0 fully saturated rings. The van der Waals surface area contributed by atoms with Gasteiger partial charge in [-0.1, -0.05) is 90.5 Å². The third-order valence-electron chi connectivity index (χ3n) is 6.21. The molecule has 0 saturated carbocycles. The van der Waals surface area contributed by atoms with Crippen molar-refractivity contribution in [3.63, 3.8) is 0 Å². The molecule has 0 radical (unpaired) electrons. The van der Waals surface area contributed by atoms with Crippen LogP contribution >= 0.6 is 0 Å². The van der Waals surface area contributed by atoms with E-state index in [9.17, 15) is 4.79 Å². The van der Waals surface area contributed by atoms with E-state index in [2.05, 4.69) is 78.9 Å². The maximum Gasteiger partial charge on any atom is 0.182 e. The molecule has 1 unspecified atom stereocenters. The van der Waals surface area contributed by atoms with Crippen molar-refractivity contribution in [1.29, 1.82) is 0 Å². The fraction of sp³-hybridized carbons (Fsp3) is 0.179. The predicted octanol–water partition coefficient (Wildman–Crippen LogP) is 6.31. The molecule has 0 aliphatic heterocycles. The Kier molecular flexibility index (Phi) is 4.73. The van der Waals surface area contributed by atoms with Gasteiger partial charge in [-0.25, -0.2) is 0 Å². The lowest BCUT2D eigenvalue weighted by atomic mass is 9.72. The molecule has 0 amide bonds. The summed E-state index contributed by atoms with van der Waals surface area (Å²) in [5.41, 5.74) is 8.48. The number of benzene rings is 3. The third kappa shape index (κ3) is 3.49. The van der Waals surface area contributed by atoms with E-state index in [1.54, 1.807) is 0 Å². The topological polar surface area (TPSA) is 17.1 Å². The Balaban J connectivity index is 1.73. The van der Waals surface area contributed by atoms with Gasteiger partial charge in [0.2, 0.25) is 0 Å². The Hall–Kier alpha value is -3.19. The number of hydrogen-bond acceptors (Lipinski definition) is 1. The van der Waals surface area contributed by atoms with E-state index in [-0.39, 0.29) is 11.7 Å². The minimum atomic E-state index is 0.141. The molecule has 3 aromatic carbocycles. The second-order valence-electron chi connectivity index (χ2n) is 8.00. The van der Waals surface area contributed by atoms with Crippen LogP contribution in [0.2, 0.25) is 0 Å². The second-order valence-corrected chi connectivity index (χ2v) is 8.00. The quantitative estimate of drug-likeness (QED) is 0.512. The lowest BCUT2D eigenvalue weighted by Crippen LogP contribution is -2.19. The predicted molar refractivity (Wildman–Crippen MR) is 119 cm³/mol. The van der Waals surface area contributed by atoms with Gasteiger partial charge >= 0.3 is 0 Å². The molecular formula is C28H24O. The molecule has 29 heavy (non-hydrogen) atoms.